The molecule has 1 radical (unpaired) electrons. The third-order valence-electron chi connectivity index (χ3n) is 9.46. The first-order valence-corrected chi connectivity index (χ1v) is 25.5. The molecule has 4 aromatic carbocycles. The van der Waals surface area contributed by atoms with Crippen molar-refractivity contribution in [3.63, 3.8) is 0 Å². The second-order valence-corrected chi connectivity index (χ2v) is 27.7. The summed E-state index contributed by atoms with van der Waals surface area (Å²) in [5.41, 5.74) is 9.25. The quantitative estimate of drug-likeness (QED) is 0.130. The molecule has 0 aliphatic carbocycles. The van der Waals surface area contributed by atoms with Gasteiger partial charge in [0.15, 0.2) is 0 Å². The molecule has 8 rings (SSSR count). The molecule has 0 N–H and O–H groups in total. The minimum absolute atomic E-state index is 0. The summed E-state index contributed by atoms with van der Waals surface area (Å²) >= 11 is -1.90. The number of aromatic nitrogens is 4. The molecule has 0 saturated carbocycles. The van der Waals surface area contributed by atoms with E-state index in [1.165, 1.54) is 20.7 Å². The van der Waals surface area contributed by atoms with Crippen molar-refractivity contribution in [3.05, 3.63) is 121 Å². The number of nitrogens with zero attached hydrogens (tertiary/aromatic N) is 4. The Morgan fingerprint density at radius 2 is 1.57 bits per heavy atom. The van der Waals surface area contributed by atoms with Crippen molar-refractivity contribution < 1.29 is 24.5 Å². The fourth-order valence-electron chi connectivity index (χ4n) is 7.23. The van der Waals surface area contributed by atoms with Gasteiger partial charge in [0.05, 0.1) is 22.4 Å². The van der Waals surface area contributed by atoms with E-state index in [1.54, 1.807) is 6.20 Å². The van der Waals surface area contributed by atoms with E-state index < -0.39 is 13.3 Å². The van der Waals surface area contributed by atoms with Crippen LogP contribution in [0, 0.1) is 24.5 Å². The molecule has 0 bridgehead atoms. The SMILES string of the molecule is CC(C)(C)Cc1cc(-c2[c-]cccc2)nc[c]1[Ge]([CH3])([CH3])[CH3].Cc1c[c-]c(-c2nc3ccc4ccccc4c3n2C(C)(C)C)c2oc3ncccc3c12.[Ir]. The summed E-state index contributed by atoms with van der Waals surface area (Å²) in [6, 6.07) is 35.9. The zero-order chi connectivity index (χ0) is 37.0. The number of hydrogen-bond donors (Lipinski definition) is 0. The smallest absolute Gasteiger partial charge is 0.216 e. The summed E-state index contributed by atoms with van der Waals surface area (Å²) in [6.45, 7) is 15.6. The molecule has 273 valence electrons. The van der Waals surface area contributed by atoms with Crippen LogP contribution < -0.4 is 4.40 Å². The summed E-state index contributed by atoms with van der Waals surface area (Å²) in [5, 5.41) is 4.50. The van der Waals surface area contributed by atoms with E-state index in [2.05, 4.69) is 148 Å². The van der Waals surface area contributed by atoms with E-state index in [-0.39, 0.29) is 25.6 Å². The standard InChI is InChI=1S/C27H22N3O.C19H26GeN.Ir/c1-16-11-13-20(24-22(16)19-10-7-15-28-26(19)31-24)25-29-21-14-12-17-8-5-6-9-18(17)23(21)30(25)27(2,3)4;1-19(2,3)13-16-12-18(15-10-8-7-9-11-15)21-14-17(16)20(4,5)6;/h5-12,14-15H,1-4H3;7-10,12,14H,13H2,1-6H3;/q2*-1;. The van der Waals surface area contributed by atoms with E-state index in [4.69, 9.17) is 14.4 Å². The minimum Gasteiger partial charge on any atom is -0.486 e. The first kappa shape index (κ1) is 38.6. The largest absolute Gasteiger partial charge is 0.486 e. The van der Waals surface area contributed by atoms with Gasteiger partial charge in [0.2, 0.25) is 5.71 Å². The van der Waals surface area contributed by atoms with Crippen LogP contribution >= 0.6 is 0 Å². The first-order chi connectivity index (χ1) is 24.6. The predicted octanol–water partition coefficient (Wildman–Crippen LogP) is 11.7. The van der Waals surface area contributed by atoms with Gasteiger partial charge >= 0.3 is 132 Å². The zero-order valence-electron chi connectivity index (χ0n) is 32.5. The zero-order valence-corrected chi connectivity index (χ0v) is 37.0. The van der Waals surface area contributed by atoms with Crippen LogP contribution in [0.3, 0.4) is 0 Å². The molecule has 8 aromatic rings. The van der Waals surface area contributed by atoms with E-state index in [0.29, 0.717) is 11.1 Å². The third kappa shape index (κ3) is 7.78. The molecular weight excluding hydrogens is 889 g/mol. The topological polar surface area (TPSA) is 56.7 Å². The van der Waals surface area contributed by atoms with Gasteiger partial charge in [-0.2, -0.15) is 0 Å². The number of fused-ring (bicyclic) bond motifs is 6. The molecule has 0 atom stereocenters. The minimum atomic E-state index is -1.90. The molecule has 0 aliphatic heterocycles. The Labute approximate surface area is 330 Å². The summed E-state index contributed by atoms with van der Waals surface area (Å²) in [6.07, 6.45) is 5.00. The van der Waals surface area contributed by atoms with Gasteiger partial charge in [-0.1, -0.05) is 48.2 Å². The van der Waals surface area contributed by atoms with Crippen molar-refractivity contribution in [1.82, 2.24) is 19.5 Å². The number of pyridine rings is 2. The summed E-state index contributed by atoms with van der Waals surface area (Å²) in [4.78, 5) is 14.3. The molecule has 0 spiro atoms. The van der Waals surface area contributed by atoms with Crippen molar-refractivity contribution in [1.29, 1.82) is 0 Å². The van der Waals surface area contributed by atoms with Crippen molar-refractivity contribution in [2.75, 3.05) is 0 Å². The maximum absolute atomic E-state index is 6.27. The van der Waals surface area contributed by atoms with Crippen LogP contribution in [-0.4, -0.2) is 32.8 Å². The van der Waals surface area contributed by atoms with Gasteiger partial charge in [0.25, 0.3) is 0 Å². The van der Waals surface area contributed by atoms with Crippen molar-refractivity contribution in [2.45, 2.75) is 77.7 Å². The van der Waals surface area contributed by atoms with Gasteiger partial charge in [-0.05, 0) is 44.4 Å². The van der Waals surface area contributed by atoms with Gasteiger partial charge in [0, 0.05) is 42.6 Å². The molecule has 4 heterocycles. The van der Waals surface area contributed by atoms with Gasteiger partial charge < -0.3 is 8.98 Å². The molecular formula is C46H48GeIrN4O-2. The third-order valence-corrected chi connectivity index (χ3v) is 13.8. The average molecular weight is 938 g/mol. The second kappa shape index (κ2) is 14.6. The molecule has 4 aromatic heterocycles. The van der Waals surface area contributed by atoms with Crippen LogP contribution in [0.4, 0.5) is 0 Å². The molecule has 0 amide bonds. The Morgan fingerprint density at radius 3 is 2.26 bits per heavy atom. The fraction of sp³-hybridized carbons (Fsp3) is 0.283. The monoisotopic (exact) mass is 939 g/mol. The normalized spacial score (nSPS) is 12.3. The molecule has 7 heteroatoms. The van der Waals surface area contributed by atoms with Gasteiger partial charge in [-0.25, -0.2) is 4.98 Å². The van der Waals surface area contributed by atoms with Crippen molar-refractivity contribution in [3.8, 4) is 22.6 Å². The van der Waals surface area contributed by atoms with E-state index in [1.807, 2.05) is 30.3 Å². The van der Waals surface area contributed by atoms with E-state index >= 15 is 0 Å². The van der Waals surface area contributed by atoms with Crippen LogP contribution in [0.15, 0.2) is 102 Å². The number of hydrogen-bond acceptors (Lipinski definition) is 4. The van der Waals surface area contributed by atoms with Gasteiger partial charge in [-0.15, -0.1) is 17.7 Å². The van der Waals surface area contributed by atoms with Crippen LogP contribution in [0.5, 0.6) is 0 Å². The maximum Gasteiger partial charge on any atom is 0.216 e. The Bertz CT molecular complexity index is 2570. The van der Waals surface area contributed by atoms with Crippen molar-refractivity contribution >= 4 is 61.5 Å². The Balaban J connectivity index is 0.000000193. The molecule has 5 nitrogen and oxygen atoms in total. The maximum atomic E-state index is 6.27. The fourth-order valence-corrected chi connectivity index (χ4v) is 10.5. The summed E-state index contributed by atoms with van der Waals surface area (Å²) < 4.78 is 10.1. The predicted molar refractivity (Wildman–Crippen MR) is 221 cm³/mol. The summed E-state index contributed by atoms with van der Waals surface area (Å²) in [7, 11) is 0. The Kier molecular flexibility index (Phi) is 10.7. The number of aryl methyl sites for hydroxylation is 1. The van der Waals surface area contributed by atoms with Crippen molar-refractivity contribution in [2.24, 2.45) is 5.41 Å². The van der Waals surface area contributed by atoms with Crippen LogP contribution in [0.25, 0.3) is 66.5 Å². The summed E-state index contributed by atoms with van der Waals surface area (Å²) in [5.74, 6) is 8.19. The molecule has 53 heavy (non-hydrogen) atoms. The molecule has 0 fully saturated rings. The number of imidazole rings is 1. The second-order valence-electron chi connectivity index (χ2n) is 17.1. The number of rotatable bonds is 4. The van der Waals surface area contributed by atoms with E-state index in [0.717, 1.165) is 62.0 Å². The molecule has 0 unspecified atom stereocenters. The van der Waals surface area contributed by atoms with Crippen LogP contribution in [-0.2, 0) is 32.1 Å². The first-order valence-electron chi connectivity index (χ1n) is 18.2. The number of benzene rings is 4. The van der Waals surface area contributed by atoms with Crippen LogP contribution in [0.1, 0.15) is 52.7 Å². The molecule has 0 saturated heterocycles. The van der Waals surface area contributed by atoms with Gasteiger partial charge in [0.1, 0.15) is 0 Å². The Hall–Kier alpha value is -4.10. The van der Waals surface area contributed by atoms with E-state index in [9.17, 15) is 0 Å². The van der Waals surface area contributed by atoms with Crippen LogP contribution in [0.2, 0.25) is 17.3 Å². The molecule has 0 aliphatic rings. The van der Waals surface area contributed by atoms with Gasteiger partial charge in [-0.3, -0.25) is 4.98 Å². The Morgan fingerprint density at radius 1 is 0.830 bits per heavy atom. The number of furan rings is 1. The average Bonchev–Trinajstić information content (AvgIpc) is 3.68.